The molecule has 6 nitrogen and oxygen atoms in total. The molecule has 1 fully saturated rings. The molecule has 0 bridgehead atoms. The minimum Gasteiger partial charge on any atom is -0.504 e. The van der Waals surface area contributed by atoms with Crippen LogP contribution in [0, 0.1) is 0 Å². The van der Waals surface area contributed by atoms with Crippen LogP contribution in [0.25, 0.3) is 0 Å². The summed E-state index contributed by atoms with van der Waals surface area (Å²) in [5.74, 6) is 1.06. The number of carbonyl (C=O) groups is 1. The molecule has 0 aromatic heterocycles. The second kappa shape index (κ2) is 7.39. The normalized spacial score (nSPS) is 17.0. The molecule has 1 aliphatic heterocycles. The Labute approximate surface area is 159 Å². The first-order valence-electron chi connectivity index (χ1n) is 8.86. The van der Waals surface area contributed by atoms with Gasteiger partial charge >= 0.3 is 6.09 Å². The highest BCUT2D eigenvalue weighted by molar-refractivity contribution is 5.90. The summed E-state index contributed by atoms with van der Waals surface area (Å²) in [6.07, 6.45) is -0.847. The maximum Gasteiger partial charge on any atom is 0.414 e. The van der Waals surface area contributed by atoms with Crippen LogP contribution in [0.1, 0.15) is 26.3 Å². The topological polar surface area (TPSA) is 68.2 Å². The maximum atomic E-state index is 12.2. The first-order chi connectivity index (χ1) is 12.8. The lowest BCUT2D eigenvalue weighted by atomic mass is 9.87. The SMILES string of the molecule is COc1ccc(N2CC(COc3ccc(C(C)(C)C)cc3)OC2=O)cc1O. The Hall–Kier alpha value is -2.89. The van der Waals surface area contributed by atoms with E-state index >= 15 is 0 Å². The highest BCUT2D eigenvalue weighted by Gasteiger charge is 2.33. The molecule has 1 amide bonds. The zero-order chi connectivity index (χ0) is 19.6. The number of hydrogen-bond acceptors (Lipinski definition) is 5. The van der Waals surface area contributed by atoms with Gasteiger partial charge in [-0.2, -0.15) is 0 Å². The lowest BCUT2D eigenvalue weighted by molar-refractivity contribution is 0.105. The quantitative estimate of drug-likeness (QED) is 0.857. The van der Waals surface area contributed by atoms with Crippen molar-refractivity contribution < 1.29 is 24.1 Å². The summed E-state index contributed by atoms with van der Waals surface area (Å²) in [5.41, 5.74) is 1.87. The number of methoxy groups -OCH3 is 1. The van der Waals surface area contributed by atoms with Crippen molar-refractivity contribution in [3.05, 3.63) is 48.0 Å². The number of anilines is 1. The van der Waals surface area contributed by atoms with Crippen LogP contribution in [-0.2, 0) is 10.2 Å². The van der Waals surface area contributed by atoms with E-state index in [-0.39, 0.29) is 23.9 Å². The smallest absolute Gasteiger partial charge is 0.414 e. The zero-order valence-corrected chi connectivity index (χ0v) is 16.1. The van der Waals surface area contributed by atoms with Crippen LogP contribution >= 0.6 is 0 Å². The Kier molecular flexibility index (Phi) is 5.17. The van der Waals surface area contributed by atoms with Crippen LogP contribution in [-0.4, -0.2) is 37.6 Å². The van der Waals surface area contributed by atoms with E-state index in [1.165, 1.54) is 23.6 Å². The molecule has 1 atom stereocenters. The van der Waals surface area contributed by atoms with Gasteiger partial charge in [0.05, 0.1) is 19.3 Å². The van der Waals surface area contributed by atoms with Gasteiger partial charge in [-0.05, 0) is 35.2 Å². The molecule has 1 aliphatic rings. The van der Waals surface area contributed by atoms with Gasteiger partial charge in [0, 0.05) is 6.07 Å². The van der Waals surface area contributed by atoms with Gasteiger partial charge in [-0.15, -0.1) is 0 Å². The number of phenols is 1. The second-order valence-electron chi connectivity index (χ2n) is 7.56. The van der Waals surface area contributed by atoms with Gasteiger partial charge in [0.25, 0.3) is 0 Å². The van der Waals surface area contributed by atoms with Gasteiger partial charge in [0.2, 0.25) is 0 Å². The van der Waals surface area contributed by atoms with E-state index in [4.69, 9.17) is 14.2 Å². The largest absolute Gasteiger partial charge is 0.504 e. The lowest BCUT2D eigenvalue weighted by Gasteiger charge is -2.19. The van der Waals surface area contributed by atoms with Crippen molar-refractivity contribution in [3.8, 4) is 17.2 Å². The van der Waals surface area contributed by atoms with Gasteiger partial charge in [0.1, 0.15) is 12.4 Å². The third kappa shape index (κ3) is 4.27. The molecule has 0 spiro atoms. The number of ether oxygens (including phenoxy) is 3. The molecule has 1 heterocycles. The van der Waals surface area contributed by atoms with Crippen molar-refractivity contribution in [1.82, 2.24) is 0 Å². The van der Waals surface area contributed by atoms with Crippen LogP contribution in [0.2, 0.25) is 0 Å². The van der Waals surface area contributed by atoms with Crippen LogP contribution in [0.3, 0.4) is 0 Å². The van der Waals surface area contributed by atoms with Crippen molar-refractivity contribution in [2.24, 2.45) is 0 Å². The third-order valence-corrected chi connectivity index (χ3v) is 4.50. The molecule has 3 rings (SSSR count). The number of carbonyl (C=O) groups excluding carboxylic acids is 1. The molecule has 2 aromatic carbocycles. The molecule has 0 aliphatic carbocycles. The van der Waals surface area contributed by atoms with E-state index < -0.39 is 6.09 Å². The molecule has 1 unspecified atom stereocenters. The third-order valence-electron chi connectivity index (χ3n) is 4.50. The molecule has 1 saturated heterocycles. The maximum absolute atomic E-state index is 12.2. The van der Waals surface area contributed by atoms with Crippen LogP contribution in [0.15, 0.2) is 42.5 Å². The summed E-state index contributed by atoms with van der Waals surface area (Å²) in [6.45, 7) is 7.09. The summed E-state index contributed by atoms with van der Waals surface area (Å²) in [5, 5.41) is 9.91. The number of cyclic esters (lactones) is 1. The monoisotopic (exact) mass is 371 g/mol. The highest BCUT2D eigenvalue weighted by Crippen LogP contribution is 2.32. The number of amides is 1. The average molecular weight is 371 g/mol. The Balaban J connectivity index is 1.60. The number of nitrogens with zero attached hydrogens (tertiary/aromatic N) is 1. The molecule has 27 heavy (non-hydrogen) atoms. The van der Waals surface area contributed by atoms with Crippen molar-refractivity contribution in [1.29, 1.82) is 0 Å². The Morgan fingerprint density at radius 3 is 2.48 bits per heavy atom. The fourth-order valence-corrected chi connectivity index (χ4v) is 2.91. The van der Waals surface area contributed by atoms with E-state index in [0.29, 0.717) is 18.0 Å². The van der Waals surface area contributed by atoms with Crippen molar-refractivity contribution in [2.45, 2.75) is 32.3 Å². The number of hydrogen-bond donors (Lipinski definition) is 1. The van der Waals surface area contributed by atoms with Gasteiger partial charge in [0.15, 0.2) is 17.6 Å². The van der Waals surface area contributed by atoms with E-state index in [1.807, 2.05) is 24.3 Å². The number of rotatable bonds is 5. The Bertz CT molecular complexity index is 810. The van der Waals surface area contributed by atoms with E-state index in [0.717, 1.165) is 5.75 Å². The summed E-state index contributed by atoms with van der Waals surface area (Å²) in [7, 11) is 1.47. The first kappa shape index (κ1) is 18.9. The Morgan fingerprint density at radius 1 is 1.19 bits per heavy atom. The summed E-state index contributed by atoms with van der Waals surface area (Å²) in [6, 6.07) is 12.7. The molecule has 0 saturated carbocycles. The van der Waals surface area contributed by atoms with Crippen molar-refractivity contribution in [3.63, 3.8) is 0 Å². The number of benzene rings is 2. The van der Waals surface area contributed by atoms with Crippen LogP contribution in [0.4, 0.5) is 10.5 Å². The number of aromatic hydroxyl groups is 1. The van der Waals surface area contributed by atoms with Crippen LogP contribution < -0.4 is 14.4 Å². The fourth-order valence-electron chi connectivity index (χ4n) is 2.91. The first-order valence-corrected chi connectivity index (χ1v) is 8.86. The molecule has 6 heteroatoms. The molecular formula is C21H25NO5. The summed E-state index contributed by atoms with van der Waals surface area (Å²) >= 11 is 0. The molecule has 2 aromatic rings. The van der Waals surface area contributed by atoms with E-state index in [1.54, 1.807) is 12.1 Å². The van der Waals surface area contributed by atoms with Crippen LogP contribution in [0.5, 0.6) is 17.2 Å². The average Bonchev–Trinajstić information content (AvgIpc) is 3.00. The van der Waals surface area contributed by atoms with E-state index in [2.05, 4.69) is 20.8 Å². The predicted octanol–water partition coefficient (Wildman–Crippen LogP) is 4.10. The Morgan fingerprint density at radius 2 is 1.89 bits per heavy atom. The predicted molar refractivity (Wildman–Crippen MR) is 103 cm³/mol. The number of phenolic OH excluding ortho intramolecular Hbond substituents is 1. The van der Waals surface area contributed by atoms with Gasteiger partial charge < -0.3 is 19.3 Å². The lowest BCUT2D eigenvalue weighted by Crippen LogP contribution is -2.26. The molecule has 1 N–H and O–H groups in total. The van der Waals surface area contributed by atoms with Crippen molar-refractivity contribution >= 4 is 11.8 Å². The van der Waals surface area contributed by atoms with Crippen molar-refractivity contribution in [2.75, 3.05) is 25.2 Å². The van der Waals surface area contributed by atoms with Gasteiger partial charge in [-0.25, -0.2) is 4.79 Å². The van der Waals surface area contributed by atoms with Gasteiger partial charge in [-0.1, -0.05) is 32.9 Å². The summed E-state index contributed by atoms with van der Waals surface area (Å²) in [4.78, 5) is 13.6. The fraction of sp³-hybridized carbons (Fsp3) is 0.381. The van der Waals surface area contributed by atoms with E-state index in [9.17, 15) is 9.90 Å². The molecule has 144 valence electrons. The molecule has 0 radical (unpaired) electrons. The minimum absolute atomic E-state index is 0.0264. The standard InChI is InChI=1S/C21H25NO5/c1-21(2,3)14-5-8-16(9-6-14)26-13-17-12-22(20(24)27-17)15-7-10-19(25-4)18(23)11-15/h5-11,17,23H,12-13H2,1-4H3. The molecular weight excluding hydrogens is 346 g/mol. The zero-order valence-electron chi connectivity index (χ0n) is 16.1. The minimum atomic E-state index is -0.462. The highest BCUT2D eigenvalue weighted by atomic mass is 16.6. The second-order valence-corrected chi connectivity index (χ2v) is 7.56. The summed E-state index contributed by atoms with van der Waals surface area (Å²) < 4.78 is 16.2. The van der Waals surface area contributed by atoms with Gasteiger partial charge in [-0.3, -0.25) is 4.90 Å².